The average Bonchev–Trinajstić information content (AvgIpc) is 2.55. The summed E-state index contributed by atoms with van der Waals surface area (Å²) in [5.74, 6) is 0.852. The lowest BCUT2D eigenvalue weighted by molar-refractivity contribution is 0.912. The van der Waals surface area contributed by atoms with Crippen LogP contribution < -0.4 is 0 Å². The summed E-state index contributed by atoms with van der Waals surface area (Å²) >= 11 is 0. The highest BCUT2D eigenvalue weighted by Gasteiger charge is 2.01. The second kappa shape index (κ2) is 2.23. The minimum atomic E-state index is 0.852. The molecule has 11 heavy (non-hydrogen) atoms. The molecule has 0 saturated heterocycles. The van der Waals surface area contributed by atoms with Crippen LogP contribution in [0.4, 0.5) is 0 Å². The molecule has 0 aliphatic rings. The molecule has 4 heteroatoms. The molecule has 0 unspecified atom stereocenters. The summed E-state index contributed by atoms with van der Waals surface area (Å²) in [6, 6.07) is 0. The van der Waals surface area contributed by atoms with E-state index >= 15 is 0 Å². The second-order valence-electron chi connectivity index (χ2n) is 2.33. The minimum absolute atomic E-state index is 0.852. The predicted octanol–water partition coefficient (Wildman–Crippen LogP) is 0.810. The summed E-state index contributed by atoms with van der Waals surface area (Å²) in [5, 5.41) is 0. The van der Waals surface area contributed by atoms with Crippen molar-refractivity contribution in [3.63, 3.8) is 0 Å². The third-order valence-electron chi connectivity index (χ3n) is 1.56. The highest BCUT2D eigenvalue weighted by Crippen LogP contribution is 2.10. The molecule has 0 atom stereocenters. The first-order valence-electron chi connectivity index (χ1n) is 3.34. The molecule has 0 radical (unpaired) electrons. The molecule has 0 aliphatic carbocycles. The molecule has 0 saturated carbocycles. The van der Waals surface area contributed by atoms with E-state index in [2.05, 4.69) is 15.0 Å². The van der Waals surface area contributed by atoms with Crippen molar-refractivity contribution in [2.75, 3.05) is 0 Å². The van der Waals surface area contributed by atoms with Gasteiger partial charge in [-0.2, -0.15) is 0 Å². The smallest absolute Gasteiger partial charge is 0.155 e. The number of H-pyrrole nitrogens is 1. The Morgan fingerprint density at radius 1 is 1.55 bits per heavy atom. The number of nitrogens with one attached hydrogen (secondary N) is 1. The minimum Gasteiger partial charge on any atom is -0.343 e. The monoisotopic (exact) mass is 148 g/mol. The van der Waals surface area contributed by atoms with E-state index < -0.39 is 0 Å². The van der Waals surface area contributed by atoms with Gasteiger partial charge in [0.2, 0.25) is 0 Å². The van der Waals surface area contributed by atoms with E-state index in [1.807, 2.05) is 11.6 Å². The van der Waals surface area contributed by atoms with Crippen LogP contribution in [0.3, 0.4) is 0 Å². The summed E-state index contributed by atoms with van der Waals surface area (Å²) in [5.41, 5.74) is 0.995. The van der Waals surface area contributed by atoms with Crippen molar-refractivity contribution in [3.05, 3.63) is 24.9 Å². The zero-order valence-corrected chi connectivity index (χ0v) is 6.15. The summed E-state index contributed by atoms with van der Waals surface area (Å²) in [4.78, 5) is 11.1. The number of imidazole rings is 2. The van der Waals surface area contributed by atoms with Crippen molar-refractivity contribution in [3.8, 4) is 11.5 Å². The normalized spacial score (nSPS) is 10.3. The van der Waals surface area contributed by atoms with E-state index in [0.717, 1.165) is 11.5 Å². The van der Waals surface area contributed by atoms with Crippen molar-refractivity contribution in [1.82, 2.24) is 19.5 Å². The quantitative estimate of drug-likeness (QED) is 0.650. The van der Waals surface area contributed by atoms with E-state index in [1.54, 1.807) is 24.9 Å². The van der Waals surface area contributed by atoms with Crippen LogP contribution in [0.5, 0.6) is 0 Å². The van der Waals surface area contributed by atoms with Gasteiger partial charge in [0.1, 0.15) is 5.69 Å². The van der Waals surface area contributed by atoms with Crippen LogP contribution in [0.2, 0.25) is 0 Å². The van der Waals surface area contributed by atoms with Crippen LogP contribution in [-0.4, -0.2) is 19.5 Å². The maximum Gasteiger partial charge on any atom is 0.155 e. The molecule has 56 valence electrons. The van der Waals surface area contributed by atoms with Gasteiger partial charge in [0.25, 0.3) is 0 Å². The molecule has 2 aromatic heterocycles. The van der Waals surface area contributed by atoms with E-state index in [0.29, 0.717) is 0 Å². The van der Waals surface area contributed by atoms with Crippen LogP contribution in [0, 0.1) is 0 Å². The van der Waals surface area contributed by atoms with Gasteiger partial charge in [0.05, 0.1) is 12.5 Å². The molecule has 4 nitrogen and oxygen atoms in total. The topological polar surface area (TPSA) is 46.5 Å². The fourth-order valence-corrected chi connectivity index (χ4v) is 0.991. The number of aromatic amines is 1. The molecule has 2 aromatic rings. The molecule has 1 N–H and O–H groups in total. The molecule has 0 aromatic carbocycles. The van der Waals surface area contributed by atoms with Crippen LogP contribution in [0.1, 0.15) is 0 Å². The van der Waals surface area contributed by atoms with Crippen molar-refractivity contribution >= 4 is 0 Å². The van der Waals surface area contributed by atoms with Gasteiger partial charge in [0, 0.05) is 19.4 Å². The second-order valence-corrected chi connectivity index (χ2v) is 2.33. The number of rotatable bonds is 1. The van der Waals surface area contributed by atoms with Crippen molar-refractivity contribution in [2.24, 2.45) is 7.05 Å². The number of hydrogen-bond donors (Lipinski definition) is 1. The van der Waals surface area contributed by atoms with Crippen LogP contribution in [0.25, 0.3) is 11.5 Å². The van der Waals surface area contributed by atoms with Gasteiger partial charge in [0.15, 0.2) is 5.82 Å². The number of aryl methyl sites for hydroxylation is 1. The fourth-order valence-electron chi connectivity index (χ4n) is 0.991. The number of hydrogen-bond acceptors (Lipinski definition) is 2. The van der Waals surface area contributed by atoms with Crippen LogP contribution in [0.15, 0.2) is 24.9 Å². The Balaban J connectivity index is 2.53. The number of aromatic nitrogens is 4. The molecule has 2 heterocycles. The molecule has 0 bridgehead atoms. The lowest BCUT2D eigenvalue weighted by Gasteiger charge is -1.95. The van der Waals surface area contributed by atoms with Gasteiger partial charge in [-0.3, -0.25) is 0 Å². The van der Waals surface area contributed by atoms with Crippen molar-refractivity contribution in [1.29, 1.82) is 0 Å². The summed E-state index contributed by atoms with van der Waals surface area (Å²) < 4.78 is 1.92. The summed E-state index contributed by atoms with van der Waals surface area (Å²) in [6.07, 6.45) is 7.04. The van der Waals surface area contributed by atoms with Gasteiger partial charge in [-0.15, -0.1) is 0 Å². The fraction of sp³-hybridized carbons (Fsp3) is 0.143. The molecule has 0 aliphatic heterocycles. The van der Waals surface area contributed by atoms with Crippen LogP contribution in [-0.2, 0) is 7.05 Å². The third-order valence-corrected chi connectivity index (χ3v) is 1.56. The van der Waals surface area contributed by atoms with E-state index in [1.165, 1.54) is 0 Å². The Hall–Kier alpha value is -1.58. The van der Waals surface area contributed by atoms with Crippen LogP contribution >= 0.6 is 0 Å². The first-order chi connectivity index (χ1) is 5.38. The molecular formula is C7H8N4. The molecule has 0 spiro atoms. The molecule has 2 rings (SSSR count). The number of nitrogens with zero attached hydrogens (tertiary/aromatic N) is 3. The van der Waals surface area contributed by atoms with E-state index in [4.69, 9.17) is 0 Å². The van der Waals surface area contributed by atoms with Gasteiger partial charge >= 0.3 is 0 Å². The first-order valence-corrected chi connectivity index (χ1v) is 3.34. The highest BCUT2D eigenvalue weighted by atomic mass is 15.1. The maximum atomic E-state index is 4.10. The lowest BCUT2D eigenvalue weighted by atomic mass is 10.4. The SMILES string of the molecule is Cn1cncc1-c1ncc[nH]1. The van der Waals surface area contributed by atoms with Gasteiger partial charge in [-0.05, 0) is 0 Å². The Bertz CT molecular complexity index is 333. The molecular weight excluding hydrogens is 140 g/mol. The summed E-state index contributed by atoms with van der Waals surface area (Å²) in [6.45, 7) is 0. The Labute approximate surface area is 63.9 Å². The Morgan fingerprint density at radius 2 is 2.45 bits per heavy atom. The maximum absolute atomic E-state index is 4.10. The van der Waals surface area contributed by atoms with Crippen molar-refractivity contribution in [2.45, 2.75) is 0 Å². The zero-order chi connectivity index (χ0) is 7.68. The third kappa shape index (κ3) is 0.920. The van der Waals surface area contributed by atoms with E-state index in [9.17, 15) is 0 Å². The lowest BCUT2D eigenvalue weighted by Crippen LogP contribution is -1.90. The van der Waals surface area contributed by atoms with E-state index in [-0.39, 0.29) is 0 Å². The first kappa shape index (κ1) is 6.15. The Morgan fingerprint density at radius 3 is 3.00 bits per heavy atom. The average molecular weight is 148 g/mol. The van der Waals surface area contributed by atoms with Gasteiger partial charge < -0.3 is 9.55 Å². The molecule has 0 fully saturated rings. The predicted molar refractivity (Wildman–Crippen MR) is 40.8 cm³/mol. The zero-order valence-electron chi connectivity index (χ0n) is 6.15. The van der Waals surface area contributed by atoms with Gasteiger partial charge in [-0.25, -0.2) is 9.97 Å². The van der Waals surface area contributed by atoms with Gasteiger partial charge in [-0.1, -0.05) is 0 Å². The highest BCUT2D eigenvalue weighted by molar-refractivity contribution is 5.47. The molecule has 0 amide bonds. The summed E-state index contributed by atoms with van der Waals surface area (Å²) in [7, 11) is 1.94. The Kier molecular flexibility index (Phi) is 1.25. The largest absolute Gasteiger partial charge is 0.343 e. The standard InChI is InChI=1S/C7H8N4/c1-11-5-8-4-6(11)7-9-2-3-10-7/h2-5H,1H3,(H,9,10). The van der Waals surface area contributed by atoms with Crippen molar-refractivity contribution < 1.29 is 0 Å².